The predicted molar refractivity (Wildman–Crippen MR) is 88.0 cm³/mol. The first-order valence-corrected chi connectivity index (χ1v) is 7.63. The van der Waals surface area contributed by atoms with E-state index in [0.29, 0.717) is 18.9 Å². The summed E-state index contributed by atoms with van der Waals surface area (Å²) in [7, 11) is 4.06. The normalized spacial score (nSPS) is 12.7. The first-order chi connectivity index (χ1) is 9.92. The van der Waals surface area contributed by atoms with E-state index in [9.17, 15) is 4.79 Å². The molecule has 0 fully saturated rings. The first-order valence-electron chi connectivity index (χ1n) is 7.63. The number of hydrogen-bond donors (Lipinski definition) is 2. The topological polar surface area (TPSA) is 58.4 Å². The molecule has 3 N–H and O–H groups in total. The molecule has 0 aliphatic heterocycles. The number of carbonyl (C=O) groups excluding carboxylic acids is 1. The molecule has 1 aromatic carbocycles. The molecule has 1 rings (SSSR count). The molecule has 0 aromatic heterocycles. The van der Waals surface area contributed by atoms with Gasteiger partial charge in [0.15, 0.2) is 0 Å². The number of likely N-dealkylation sites (N-methyl/N-ethyl adjacent to an activating group) is 1. The number of nitrogens with one attached hydrogen (secondary N) is 1. The van der Waals surface area contributed by atoms with Crippen LogP contribution in [0.4, 0.5) is 0 Å². The van der Waals surface area contributed by atoms with E-state index in [2.05, 4.69) is 24.1 Å². The molecule has 4 nitrogen and oxygen atoms in total. The molecule has 0 spiro atoms. The van der Waals surface area contributed by atoms with Crippen LogP contribution in [0, 0.1) is 5.92 Å². The van der Waals surface area contributed by atoms with Crippen LogP contribution in [0.1, 0.15) is 31.4 Å². The third-order valence-corrected chi connectivity index (χ3v) is 3.40. The minimum atomic E-state index is 0.0726. The maximum absolute atomic E-state index is 12.3. The quantitative estimate of drug-likeness (QED) is 0.767. The van der Waals surface area contributed by atoms with Crippen LogP contribution < -0.4 is 11.1 Å². The predicted octanol–water partition coefficient (Wildman–Crippen LogP) is 1.78. The van der Waals surface area contributed by atoms with E-state index in [-0.39, 0.29) is 11.9 Å². The van der Waals surface area contributed by atoms with Gasteiger partial charge in [-0.25, -0.2) is 0 Å². The van der Waals surface area contributed by atoms with Crippen LogP contribution in [0.25, 0.3) is 0 Å². The Morgan fingerprint density at radius 1 is 1.24 bits per heavy atom. The Labute approximate surface area is 128 Å². The van der Waals surface area contributed by atoms with Crippen LogP contribution in [0.2, 0.25) is 0 Å². The van der Waals surface area contributed by atoms with Gasteiger partial charge in [-0.2, -0.15) is 0 Å². The van der Waals surface area contributed by atoms with E-state index in [1.165, 1.54) is 0 Å². The molecule has 0 aliphatic carbocycles. The van der Waals surface area contributed by atoms with Crippen LogP contribution in [-0.4, -0.2) is 37.5 Å². The second kappa shape index (κ2) is 8.80. The lowest BCUT2D eigenvalue weighted by Crippen LogP contribution is -2.43. The van der Waals surface area contributed by atoms with Gasteiger partial charge in [-0.1, -0.05) is 38.1 Å². The van der Waals surface area contributed by atoms with Crippen molar-refractivity contribution in [3.8, 4) is 0 Å². The Morgan fingerprint density at radius 2 is 1.86 bits per heavy atom. The zero-order chi connectivity index (χ0) is 15.8. The van der Waals surface area contributed by atoms with Gasteiger partial charge in [0.25, 0.3) is 0 Å². The van der Waals surface area contributed by atoms with Gasteiger partial charge >= 0.3 is 0 Å². The molecule has 0 heterocycles. The highest BCUT2D eigenvalue weighted by Crippen LogP contribution is 2.10. The summed E-state index contributed by atoms with van der Waals surface area (Å²) >= 11 is 0. The standard InChI is InChI=1S/C17H29N3O/c1-13(2)9-16(12-20(3)4)19-17(21)10-14-7-5-6-8-15(14)11-18/h5-8,13,16H,9-12,18H2,1-4H3,(H,19,21). The lowest BCUT2D eigenvalue weighted by molar-refractivity contribution is -0.121. The molecule has 4 heteroatoms. The lowest BCUT2D eigenvalue weighted by Gasteiger charge is -2.24. The molecular formula is C17H29N3O. The van der Waals surface area contributed by atoms with E-state index in [4.69, 9.17) is 5.73 Å². The van der Waals surface area contributed by atoms with Crippen molar-refractivity contribution in [2.45, 2.75) is 39.3 Å². The molecule has 0 saturated heterocycles. The van der Waals surface area contributed by atoms with Gasteiger partial charge in [0.2, 0.25) is 5.91 Å². The van der Waals surface area contributed by atoms with E-state index in [1.807, 2.05) is 38.4 Å². The number of amides is 1. The number of rotatable bonds is 8. The lowest BCUT2D eigenvalue weighted by atomic mass is 10.0. The average Bonchev–Trinajstić information content (AvgIpc) is 2.37. The SMILES string of the molecule is CC(C)CC(CN(C)C)NC(=O)Cc1ccccc1CN. The van der Waals surface area contributed by atoms with Gasteiger partial charge in [-0.05, 0) is 37.6 Å². The molecule has 0 bridgehead atoms. The summed E-state index contributed by atoms with van der Waals surface area (Å²) in [6, 6.07) is 8.06. The maximum atomic E-state index is 12.3. The van der Waals surface area contributed by atoms with Crippen molar-refractivity contribution in [3.05, 3.63) is 35.4 Å². The fraction of sp³-hybridized carbons (Fsp3) is 0.588. The first kappa shape index (κ1) is 17.7. The Bertz CT molecular complexity index is 433. The average molecular weight is 291 g/mol. The van der Waals surface area contributed by atoms with Gasteiger partial charge in [-0.15, -0.1) is 0 Å². The van der Waals surface area contributed by atoms with Gasteiger partial charge < -0.3 is 16.0 Å². The van der Waals surface area contributed by atoms with Crippen LogP contribution in [-0.2, 0) is 17.8 Å². The van der Waals surface area contributed by atoms with E-state index in [0.717, 1.165) is 24.1 Å². The minimum absolute atomic E-state index is 0.0726. The Kier molecular flexibility index (Phi) is 7.40. The summed E-state index contributed by atoms with van der Waals surface area (Å²) in [4.78, 5) is 14.4. The third kappa shape index (κ3) is 6.74. The summed E-state index contributed by atoms with van der Waals surface area (Å²) in [6.45, 7) is 5.69. The Morgan fingerprint density at radius 3 is 2.38 bits per heavy atom. The Balaban J connectivity index is 2.64. The largest absolute Gasteiger partial charge is 0.352 e. The monoisotopic (exact) mass is 291 g/mol. The fourth-order valence-corrected chi connectivity index (χ4v) is 2.57. The summed E-state index contributed by atoms with van der Waals surface area (Å²) in [5, 5.41) is 3.16. The molecule has 0 saturated carbocycles. The van der Waals surface area contributed by atoms with E-state index in [1.54, 1.807) is 0 Å². The minimum Gasteiger partial charge on any atom is -0.352 e. The highest BCUT2D eigenvalue weighted by Gasteiger charge is 2.15. The zero-order valence-corrected chi connectivity index (χ0v) is 13.7. The molecule has 0 radical (unpaired) electrons. The van der Waals surface area contributed by atoms with E-state index >= 15 is 0 Å². The Hall–Kier alpha value is -1.39. The number of hydrogen-bond acceptors (Lipinski definition) is 3. The van der Waals surface area contributed by atoms with Crippen molar-refractivity contribution >= 4 is 5.91 Å². The van der Waals surface area contributed by atoms with E-state index < -0.39 is 0 Å². The van der Waals surface area contributed by atoms with Crippen molar-refractivity contribution in [1.29, 1.82) is 0 Å². The van der Waals surface area contributed by atoms with Crippen molar-refractivity contribution in [2.24, 2.45) is 11.7 Å². The molecule has 1 unspecified atom stereocenters. The van der Waals surface area contributed by atoms with Crippen molar-refractivity contribution in [2.75, 3.05) is 20.6 Å². The number of benzene rings is 1. The van der Waals surface area contributed by atoms with Gasteiger partial charge in [-0.3, -0.25) is 4.79 Å². The number of carbonyl (C=O) groups is 1. The molecule has 1 atom stereocenters. The van der Waals surface area contributed by atoms with Crippen molar-refractivity contribution < 1.29 is 4.79 Å². The van der Waals surface area contributed by atoms with Crippen LogP contribution >= 0.6 is 0 Å². The van der Waals surface area contributed by atoms with Crippen molar-refractivity contribution in [1.82, 2.24) is 10.2 Å². The zero-order valence-electron chi connectivity index (χ0n) is 13.7. The maximum Gasteiger partial charge on any atom is 0.224 e. The second-order valence-corrected chi connectivity index (χ2v) is 6.31. The summed E-state index contributed by atoms with van der Waals surface area (Å²) in [5.41, 5.74) is 7.78. The highest BCUT2D eigenvalue weighted by atomic mass is 16.1. The fourth-order valence-electron chi connectivity index (χ4n) is 2.57. The third-order valence-electron chi connectivity index (χ3n) is 3.40. The van der Waals surface area contributed by atoms with Gasteiger partial charge in [0.05, 0.1) is 6.42 Å². The molecule has 21 heavy (non-hydrogen) atoms. The highest BCUT2D eigenvalue weighted by molar-refractivity contribution is 5.79. The number of nitrogens with two attached hydrogens (primary N) is 1. The van der Waals surface area contributed by atoms with Gasteiger partial charge in [0.1, 0.15) is 0 Å². The molecule has 1 amide bonds. The second-order valence-electron chi connectivity index (χ2n) is 6.31. The summed E-state index contributed by atoms with van der Waals surface area (Å²) < 4.78 is 0. The van der Waals surface area contributed by atoms with Crippen LogP contribution in [0.15, 0.2) is 24.3 Å². The molecular weight excluding hydrogens is 262 g/mol. The van der Waals surface area contributed by atoms with Crippen LogP contribution in [0.5, 0.6) is 0 Å². The summed E-state index contributed by atoms with van der Waals surface area (Å²) in [5.74, 6) is 0.634. The summed E-state index contributed by atoms with van der Waals surface area (Å²) in [6.07, 6.45) is 1.39. The molecule has 0 aliphatic rings. The molecule has 1 aromatic rings. The molecule has 118 valence electrons. The van der Waals surface area contributed by atoms with Crippen LogP contribution in [0.3, 0.4) is 0 Å². The smallest absolute Gasteiger partial charge is 0.224 e. The van der Waals surface area contributed by atoms with Crippen molar-refractivity contribution in [3.63, 3.8) is 0 Å². The number of nitrogens with zero attached hydrogens (tertiary/aromatic N) is 1. The van der Waals surface area contributed by atoms with Gasteiger partial charge in [0, 0.05) is 19.1 Å².